The van der Waals surface area contributed by atoms with Gasteiger partial charge in [0, 0.05) is 12.6 Å². The van der Waals surface area contributed by atoms with Crippen molar-refractivity contribution in [2.24, 2.45) is 0 Å². The quantitative estimate of drug-likeness (QED) is 0.807. The first-order valence-corrected chi connectivity index (χ1v) is 5.84. The fourth-order valence-corrected chi connectivity index (χ4v) is 1.77. The van der Waals surface area contributed by atoms with Crippen LogP contribution in [0.3, 0.4) is 0 Å². The predicted octanol–water partition coefficient (Wildman–Crippen LogP) is 1.20. The summed E-state index contributed by atoms with van der Waals surface area (Å²) in [6.07, 6.45) is 0. The molecule has 0 aliphatic heterocycles. The first kappa shape index (κ1) is 13.1. The van der Waals surface area contributed by atoms with Crippen molar-refractivity contribution in [3.63, 3.8) is 0 Å². The molecule has 0 atom stereocenters. The maximum absolute atomic E-state index is 12.3. The van der Waals surface area contributed by atoms with E-state index < -0.39 is 0 Å². The van der Waals surface area contributed by atoms with Crippen LogP contribution in [0.15, 0.2) is 34.9 Å². The van der Waals surface area contributed by atoms with Crippen molar-refractivity contribution < 1.29 is 14.4 Å². The SMILES string of the molecule is Cc1cc(C(=O)N(CCO)c2ccccc2N)no1. The summed E-state index contributed by atoms with van der Waals surface area (Å²) >= 11 is 0. The van der Waals surface area contributed by atoms with E-state index >= 15 is 0 Å². The molecule has 0 fully saturated rings. The van der Waals surface area contributed by atoms with E-state index in [1.807, 2.05) is 0 Å². The molecule has 0 spiro atoms. The number of para-hydroxylation sites is 2. The predicted molar refractivity (Wildman–Crippen MR) is 70.9 cm³/mol. The van der Waals surface area contributed by atoms with Gasteiger partial charge in [0.05, 0.1) is 18.0 Å². The number of amides is 1. The third kappa shape index (κ3) is 2.74. The molecule has 1 aromatic carbocycles. The molecule has 1 amide bonds. The monoisotopic (exact) mass is 261 g/mol. The zero-order valence-electron chi connectivity index (χ0n) is 10.5. The van der Waals surface area contributed by atoms with E-state index in [4.69, 9.17) is 15.4 Å². The number of carbonyl (C=O) groups is 1. The second-order valence-corrected chi connectivity index (χ2v) is 4.06. The number of hydrogen-bond donors (Lipinski definition) is 2. The smallest absolute Gasteiger partial charge is 0.280 e. The average Bonchev–Trinajstić information content (AvgIpc) is 2.83. The third-order valence-corrected chi connectivity index (χ3v) is 2.64. The molecule has 0 radical (unpaired) electrons. The number of aryl methyl sites for hydroxylation is 1. The molecule has 0 saturated heterocycles. The van der Waals surface area contributed by atoms with Crippen molar-refractivity contribution in [1.82, 2.24) is 5.16 Å². The first-order chi connectivity index (χ1) is 9.13. The second kappa shape index (κ2) is 5.53. The summed E-state index contributed by atoms with van der Waals surface area (Å²) in [6, 6.07) is 8.51. The number of benzene rings is 1. The Labute approximate surface area is 110 Å². The normalized spacial score (nSPS) is 10.4. The standard InChI is InChI=1S/C13H15N3O3/c1-9-8-11(15-19-9)13(18)16(6-7-17)12-5-3-2-4-10(12)14/h2-5,8,17H,6-7,14H2,1H3. The zero-order chi connectivity index (χ0) is 13.8. The molecule has 1 heterocycles. The number of carbonyl (C=O) groups excluding carboxylic acids is 1. The number of aliphatic hydroxyl groups is 1. The number of hydrogen-bond acceptors (Lipinski definition) is 5. The van der Waals surface area contributed by atoms with Gasteiger partial charge >= 0.3 is 0 Å². The van der Waals surface area contributed by atoms with E-state index in [0.29, 0.717) is 17.1 Å². The molecular weight excluding hydrogens is 246 g/mol. The minimum Gasteiger partial charge on any atom is -0.397 e. The lowest BCUT2D eigenvalue weighted by atomic mass is 10.2. The zero-order valence-corrected chi connectivity index (χ0v) is 10.5. The van der Waals surface area contributed by atoms with Crippen LogP contribution in [0.5, 0.6) is 0 Å². The number of rotatable bonds is 4. The number of aromatic nitrogens is 1. The molecule has 19 heavy (non-hydrogen) atoms. The molecule has 6 heteroatoms. The van der Waals surface area contributed by atoms with Crippen molar-refractivity contribution in [2.45, 2.75) is 6.92 Å². The van der Waals surface area contributed by atoms with Gasteiger partial charge in [0.25, 0.3) is 5.91 Å². The van der Waals surface area contributed by atoms with Crippen LogP contribution in [0.25, 0.3) is 0 Å². The number of aliphatic hydroxyl groups excluding tert-OH is 1. The van der Waals surface area contributed by atoms with Gasteiger partial charge in [-0.15, -0.1) is 0 Å². The van der Waals surface area contributed by atoms with Gasteiger partial charge < -0.3 is 20.3 Å². The summed E-state index contributed by atoms with van der Waals surface area (Å²) in [6.45, 7) is 1.67. The largest absolute Gasteiger partial charge is 0.397 e. The van der Waals surface area contributed by atoms with Gasteiger partial charge in [-0.2, -0.15) is 0 Å². The Balaban J connectivity index is 2.35. The molecule has 2 aromatic rings. The Morgan fingerprint density at radius 2 is 2.21 bits per heavy atom. The van der Waals surface area contributed by atoms with Crippen molar-refractivity contribution >= 4 is 17.3 Å². The van der Waals surface area contributed by atoms with Gasteiger partial charge in [0.1, 0.15) is 5.76 Å². The van der Waals surface area contributed by atoms with Crippen LogP contribution in [-0.2, 0) is 0 Å². The highest BCUT2D eigenvalue weighted by atomic mass is 16.5. The Hall–Kier alpha value is -2.34. The maximum atomic E-state index is 12.3. The number of anilines is 2. The molecular formula is C13H15N3O3. The van der Waals surface area contributed by atoms with E-state index in [0.717, 1.165) is 0 Å². The lowest BCUT2D eigenvalue weighted by Gasteiger charge is -2.22. The van der Waals surface area contributed by atoms with Crippen molar-refractivity contribution in [3.8, 4) is 0 Å². The fourth-order valence-electron chi connectivity index (χ4n) is 1.77. The van der Waals surface area contributed by atoms with Gasteiger partial charge in [0.15, 0.2) is 5.69 Å². The summed E-state index contributed by atoms with van der Waals surface area (Å²) in [7, 11) is 0. The topological polar surface area (TPSA) is 92.6 Å². The van der Waals surface area contributed by atoms with Crippen LogP contribution in [0.1, 0.15) is 16.2 Å². The summed E-state index contributed by atoms with van der Waals surface area (Å²) in [4.78, 5) is 13.7. The highest BCUT2D eigenvalue weighted by Crippen LogP contribution is 2.23. The summed E-state index contributed by atoms with van der Waals surface area (Å²) in [5.74, 6) is 0.192. The number of nitrogens with two attached hydrogens (primary N) is 1. The Kier molecular flexibility index (Phi) is 3.82. The first-order valence-electron chi connectivity index (χ1n) is 5.84. The van der Waals surface area contributed by atoms with Crippen molar-refractivity contribution in [3.05, 3.63) is 41.8 Å². The summed E-state index contributed by atoms with van der Waals surface area (Å²) in [5.41, 5.74) is 7.05. The number of nitrogen functional groups attached to an aromatic ring is 1. The average molecular weight is 261 g/mol. The molecule has 0 aliphatic rings. The van der Waals surface area contributed by atoms with E-state index in [2.05, 4.69) is 5.16 Å². The van der Waals surface area contributed by atoms with Gasteiger partial charge in [-0.1, -0.05) is 17.3 Å². The van der Waals surface area contributed by atoms with Crippen LogP contribution >= 0.6 is 0 Å². The van der Waals surface area contributed by atoms with Crippen LogP contribution in [0.2, 0.25) is 0 Å². The second-order valence-electron chi connectivity index (χ2n) is 4.06. The molecule has 2 rings (SSSR count). The fraction of sp³-hybridized carbons (Fsp3) is 0.231. The molecule has 0 aliphatic carbocycles. The Morgan fingerprint density at radius 1 is 1.47 bits per heavy atom. The molecule has 6 nitrogen and oxygen atoms in total. The molecule has 100 valence electrons. The third-order valence-electron chi connectivity index (χ3n) is 2.64. The van der Waals surface area contributed by atoms with Crippen LogP contribution in [-0.4, -0.2) is 29.3 Å². The van der Waals surface area contributed by atoms with Gasteiger partial charge in [-0.25, -0.2) is 0 Å². The van der Waals surface area contributed by atoms with E-state index in [9.17, 15) is 4.79 Å². The Morgan fingerprint density at radius 3 is 2.79 bits per heavy atom. The number of nitrogens with zero attached hydrogens (tertiary/aromatic N) is 2. The van der Waals surface area contributed by atoms with E-state index in [1.54, 1.807) is 37.3 Å². The van der Waals surface area contributed by atoms with Crippen LogP contribution in [0, 0.1) is 6.92 Å². The van der Waals surface area contributed by atoms with Gasteiger partial charge in [0.2, 0.25) is 0 Å². The lowest BCUT2D eigenvalue weighted by molar-refractivity contribution is 0.0972. The Bertz CT molecular complexity index is 580. The minimum absolute atomic E-state index is 0.138. The summed E-state index contributed by atoms with van der Waals surface area (Å²) in [5, 5.41) is 12.8. The molecule has 3 N–H and O–H groups in total. The van der Waals surface area contributed by atoms with Crippen LogP contribution in [0.4, 0.5) is 11.4 Å². The molecule has 1 aromatic heterocycles. The maximum Gasteiger partial charge on any atom is 0.280 e. The molecule has 0 bridgehead atoms. The molecule has 0 saturated carbocycles. The lowest BCUT2D eigenvalue weighted by Crippen LogP contribution is -2.34. The highest BCUT2D eigenvalue weighted by molar-refractivity contribution is 6.06. The van der Waals surface area contributed by atoms with Gasteiger partial charge in [-0.05, 0) is 19.1 Å². The van der Waals surface area contributed by atoms with Gasteiger partial charge in [-0.3, -0.25) is 4.79 Å². The van der Waals surface area contributed by atoms with E-state index in [-0.39, 0.29) is 24.8 Å². The van der Waals surface area contributed by atoms with Crippen LogP contribution < -0.4 is 10.6 Å². The van der Waals surface area contributed by atoms with Crippen molar-refractivity contribution in [2.75, 3.05) is 23.8 Å². The van der Waals surface area contributed by atoms with Crippen molar-refractivity contribution in [1.29, 1.82) is 0 Å². The summed E-state index contributed by atoms with van der Waals surface area (Å²) < 4.78 is 4.89. The minimum atomic E-state index is -0.358. The molecule has 0 unspecified atom stereocenters. The van der Waals surface area contributed by atoms with E-state index in [1.165, 1.54) is 4.90 Å². The highest BCUT2D eigenvalue weighted by Gasteiger charge is 2.21.